The van der Waals surface area contributed by atoms with Crippen LogP contribution in [0.25, 0.3) is 22.2 Å². The molecule has 3 nitrogen and oxygen atoms in total. The van der Waals surface area contributed by atoms with Crippen LogP contribution in [0, 0.1) is 0 Å². The van der Waals surface area contributed by atoms with Gasteiger partial charge in [-0.1, -0.05) is 42.5 Å². The molecule has 18 heavy (non-hydrogen) atoms. The fourth-order valence-electron chi connectivity index (χ4n) is 1.96. The molecule has 3 heteroatoms. The number of nitrogens with zero attached hydrogens (tertiary/aromatic N) is 2. The Labute approximate surface area is 104 Å². The minimum absolute atomic E-state index is 0.485. The second kappa shape index (κ2) is 4.37. The molecular weight excluding hydrogens is 224 g/mol. The second-order valence-corrected chi connectivity index (χ2v) is 3.98. The van der Waals surface area contributed by atoms with E-state index in [0.717, 1.165) is 22.6 Å². The van der Waals surface area contributed by atoms with Gasteiger partial charge in [0.1, 0.15) is 0 Å². The van der Waals surface area contributed by atoms with E-state index in [1.54, 1.807) is 0 Å². The van der Waals surface area contributed by atoms with Crippen molar-refractivity contribution in [3.8, 4) is 11.4 Å². The number of carbonyl (C=O) groups is 1. The Morgan fingerprint density at radius 2 is 1.61 bits per heavy atom. The third-order valence-corrected chi connectivity index (χ3v) is 2.84. The van der Waals surface area contributed by atoms with Gasteiger partial charge in [-0.05, 0) is 10.8 Å². The number of carbonyl (C=O) groups excluding carboxylic acids is 1. The molecule has 3 rings (SSSR count). The maximum Gasteiger partial charge on any atom is 0.159 e. The van der Waals surface area contributed by atoms with Gasteiger partial charge in [0.05, 0.1) is 5.56 Å². The van der Waals surface area contributed by atoms with Crippen LogP contribution in [0.3, 0.4) is 0 Å². The van der Waals surface area contributed by atoms with Crippen molar-refractivity contribution in [1.82, 2.24) is 9.97 Å². The Kier molecular flexibility index (Phi) is 2.57. The lowest BCUT2D eigenvalue weighted by Crippen LogP contribution is -1.92. The molecule has 1 aromatic heterocycles. The highest BCUT2D eigenvalue weighted by Crippen LogP contribution is 2.25. The molecule has 0 fully saturated rings. The molecule has 86 valence electrons. The van der Waals surface area contributed by atoms with Crippen LogP contribution in [-0.4, -0.2) is 16.3 Å². The molecule has 0 saturated heterocycles. The van der Waals surface area contributed by atoms with Gasteiger partial charge in [0.15, 0.2) is 12.1 Å². The third kappa shape index (κ3) is 1.76. The van der Waals surface area contributed by atoms with E-state index in [1.165, 1.54) is 12.4 Å². The molecule has 0 atom stereocenters. The number of aromatic nitrogens is 2. The average molecular weight is 234 g/mol. The van der Waals surface area contributed by atoms with Crippen LogP contribution in [0.5, 0.6) is 0 Å². The first kappa shape index (κ1) is 10.6. The minimum Gasteiger partial charge on any atom is -0.298 e. The zero-order valence-corrected chi connectivity index (χ0v) is 9.58. The van der Waals surface area contributed by atoms with Gasteiger partial charge in [0.2, 0.25) is 0 Å². The minimum atomic E-state index is 0.485. The van der Waals surface area contributed by atoms with Crippen molar-refractivity contribution in [2.45, 2.75) is 0 Å². The Morgan fingerprint density at radius 1 is 0.889 bits per heavy atom. The van der Waals surface area contributed by atoms with E-state index in [1.807, 2.05) is 30.3 Å². The van der Waals surface area contributed by atoms with Crippen molar-refractivity contribution in [3.63, 3.8) is 0 Å². The molecule has 0 N–H and O–H groups in total. The number of hydrogen-bond acceptors (Lipinski definition) is 3. The van der Waals surface area contributed by atoms with Crippen LogP contribution in [0.2, 0.25) is 0 Å². The molecular formula is C15H10N2O. The Hall–Kier alpha value is -2.55. The second-order valence-electron chi connectivity index (χ2n) is 3.98. The predicted octanol–water partition coefficient (Wildman–Crippen LogP) is 3.11. The highest BCUT2D eigenvalue weighted by molar-refractivity contribution is 5.95. The fourth-order valence-corrected chi connectivity index (χ4v) is 1.96. The van der Waals surface area contributed by atoms with Gasteiger partial charge in [-0.25, -0.2) is 9.97 Å². The summed E-state index contributed by atoms with van der Waals surface area (Å²) >= 11 is 0. The van der Waals surface area contributed by atoms with Gasteiger partial charge in [0.25, 0.3) is 0 Å². The average Bonchev–Trinajstić information content (AvgIpc) is 2.47. The van der Waals surface area contributed by atoms with Crippen molar-refractivity contribution in [1.29, 1.82) is 0 Å². The van der Waals surface area contributed by atoms with Crippen LogP contribution in [0.1, 0.15) is 10.4 Å². The molecule has 0 aliphatic rings. The molecule has 0 saturated carbocycles. The van der Waals surface area contributed by atoms with Gasteiger partial charge in [0, 0.05) is 18.0 Å². The highest BCUT2D eigenvalue weighted by Gasteiger charge is 2.05. The fraction of sp³-hybridized carbons (Fsp3) is 0. The first-order valence-corrected chi connectivity index (χ1v) is 5.64. The van der Waals surface area contributed by atoms with Crippen molar-refractivity contribution >= 4 is 17.1 Å². The van der Waals surface area contributed by atoms with E-state index in [4.69, 9.17) is 0 Å². The Bertz CT molecular complexity index is 700. The summed E-state index contributed by atoms with van der Waals surface area (Å²) in [6.45, 7) is 0. The van der Waals surface area contributed by atoms with E-state index >= 15 is 0 Å². The number of hydrogen-bond donors (Lipinski definition) is 0. The predicted molar refractivity (Wildman–Crippen MR) is 70.4 cm³/mol. The molecule has 1 heterocycles. The molecule has 0 unspecified atom stereocenters. The standard InChI is InChI=1S/C15H10N2O/c18-10-11-8-16-15(17-9-11)14-7-3-5-12-4-1-2-6-13(12)14/h1-10H. The molecule has 2 aromatic carbocycles. The topological polar surface area (TPSA) is 42.9 Å². The van der Waals surface area contributed by atoms with Crippen molar-refractivity contribution < 1.29 is 4.79 Å². The number of aldehydes is 1. The SMILES string of the molecule is O=Cc1cnc(-c2cccc3ccccc23)nc1. The summed E-state index contributed by atoms with van der Waals surface area (Å²) in [6.07, 6.45) is 3.82. The van der Waals surface area contributed by atoms with E-state index in [0.29, 0.717) is 11.4 Å². The molecule has 0 aliphatic carbocycles. The lowest BCUT2D eigenvalue weighted by Gasteiger charge is -2.04. The zero-order chi connectivity index (χ0) is 12.4. The summed E-state index contributed by atoms with van der Waals surface area (Å²) in [5.74, 6) is 0.636. The first-order valence-electron chi connectivity index (χ1n) is 5.64. The van der Waals surface area contributed by atoms with Crippen LogP contribution >= 0.6 is 0 Å². The molecule has 3 aromatic rings. The summed E-state index contributed by atoms with van der Waals surface area (Å²) in [4.78, 5) is 19.0. The zero-order valence-electron chi connectivity index (χ0n) is 9.58. The van der Waals surface area contributed by atoms with Crippen molar-refractivity contribution in [2.24, 2.45) is 0 Å². The van der Waals surface area contributed by atoms with Gasteiger partial charge in [-0.2, -0.15) is 0 Å². The van der Waals surface area contributed by atoms with Crippen LogP contribution in [0.15, 0.2) is 54.9 Å². The van der Waals surface area contributed by atoms with E-state index in [-0.39, 0.29) is 0 Å². The maximum atomic E-state index is 10.6. The molecule has 0 spiro atoms. The van der Waals surface area contributed by atoms with Gasteiger partial charge in [-0.15, -0.1) is 0 Å². The van der Waals surface area contributed by atoms with E-state index < -0.39 is 0 Å². The lowest BCUT2D eigenvalue weighted by atomic mass is 10.0. The van der Waals surface area contributed by atoms with Gasteiger partial charge in [-0.3, -0.25) is 4.79 Å². The van der Waals surface area contributed by atoms with E-state index in [2.05, 4.69) is 22.1 Å². The summed E-state index contributed by atoms with van der Waals surface area (Å²) in [5, 5.41) is 2.26. The number of fused-ring (bicyclic) bond motifs is 1. The lowest BCUT2D eigenvalue weighted by molar-refractivity contribution is 0.112. The van der Waals surface area contributed by atoms with E-state index in [9.17, 15) is 4.79 Å². The Morgan fingerprint density at radius 3 is 2.39 bits per heavy atom. The quantitative estimate of drug-likeness (QED) is 0.640. The summed E-state index contributed by atoms with van der Waals surface area (Å²) in [5.41, 5.74) is 1.46. The number of rotatable bonds is 2. The summed E-state index contributed by atoms with van der Waals surface area (Å²) in [7, 11) is 0. The monoisotopic (exact) mass is 234 g/mol. The molecule has 0 bridgehead atoms. The highest BCUT2D eigenvalue weighted by atomic mass is 16.1. The van der Waals surface area contributed by atoms with Crippen LogP contribution in [0.4, 0.5) is 0 Å². The summed E-state index contributed by atoms with van der Waals surface area (Å²) in [6, 6.07) is 14.1. The third-order valence-electron chi connectivity index (χ3n) is 2.84. The van der Waals surface area contributed by atoms with Crippen LogP contribution in [-0.2, 0) is 0 Å². The normalized spacial score (nSPS) is 10.4. The largest absolute Gasteiger partial charge is 0.298 e. The Balaban J connectivity index is 2.21. The van der Waals surface area contributed by atoms with Crippen molar-refractivity contribution in [2.75, 3.05) is 0 Å². The smallest absolute Gasteiger partial charge is 0.159 e. The van der Waals surface area contributed by atoms with Gasteiger partial charge < -0.3 is 0 Å². The molecule has 0 radical (unpaired) electrons. The van der Waals surface area contributed by atoms with Crippen molar-refractivity contribution in [3.05, 3.63) is 60.4 Å². The first-order chi connectivity index (χ1) is 8.88. The number of benzene rings is 2. The molecule has 0 amide bonds. The van der Waals surface area contributed by atoms with Gasteiger partial charge >= 0.3 is 0 Å². The summed E-state index contributed by atoms with van der Waals surface area (Å²) < 4.78 is 0. The molecule has 0 aliphatic heterocycles. The maximum absolute atomic E-state index is 10.6. The van der Waals surface area contributed by atoms with Crippen LogP contribution < -0.4 is 0 Å².